The number of unbranched alkanes of at least 4 members (excludes halogenated alkanes) is 1. The van der Waals surface area contributed by atoms with E-state index < -0.39 is 0 Å². The highest BCUT2D eigenvalue weighted by molar-refractivity contribution is 4.36. The van der Waals surface area contributed by atoms with Gasteiger partial charge >= 0.3 is 0 Å². The Bertz CT molecular complexity index is 79.3. The molecule has 0 saturated carbocycles. The first-order valence-corrected chi connectivity index (χ1v) is 4.14. The van der Waals surface area contributed by atoms with E-state index in [1.165, 1.54) is 19.4 Å². The van der Waals surface area contributed by atoms with Crippen LogP contribution in [0, 0.1) is 0 Å². The number of nitrogens with zero attached hydrogens (tertiary/aromatic N) is 1. The number of hydrogen-bond donors (Lipinski definition) is 1. The van der Waals surface area contributed by atoms with Gasteiger partial charge in [0.1, 0.15) is 0 Å². The van der Waals surface area contributed by atoms with Crippen LogP contribution in [0.2, 0.25) is 0 Å². The lowest BCUT2D eigenvalue weighted by Gasteiger charge is -2.28. The molecule has 0 heterocycles. The third kappa shape index (κ3) is 4.77. The van der Waals surface area contributed by atoms with Gasteiger partial charge in [0.25, 0.3) is 0 Å². The van der Waals surface area contributed by atoms with Crippen molar-refractivity contribution in [2.45, 2.75) is 19.8 Å². The second-order valence-corrected chi connectivity index (χ2v) is 3.53. The van der Waals surface area contributed by atoms with Crippen LogP contribution in [0.3, 0.4) is 0 Å². The standard InChI is InChI=1S/C8H21N2/c1-4-5-7-10(2,3)8-6-9/h4-9H2,1-3H3/q+1. The van der Waals surface area contributed by atoms with Gasteiger partial charge in [-0.25, -0.2) is 0 Å². The SMILES string of the molecule is CCCC[N+](C)(C)CCN. The molecular weight excluding hydrogens is 124 g/mol. The number of rotatable bonds is 5. The molecule has 0 unspecified atom stereocenters. The Labute approximate surface area is 64.6 Å². The minimum Gasteiger partial charge on any atom is -0.327 e. The highest BCUT2D eigenvalue weighted by Gasteiger charge is 2.11. The van der Waals surface area contributed by atoms with Gasteiger partial charge in [-0.2, -0.15) is 0 Å². The fraction of sp³-hybridized carbons (Fsp3) is 1.00. The molecule has 0 aromatic heterocycles. The molecule has 0 atom stereocenters. The van der Waals surface area contributed by atoms with Crippen molar-refractivity contribution in [1.82, 2.24) is 0 Å². The molecule has 0 fully saturated rings. The van der Waals surface area contributed by atoms with Gasteiger partial charge in [-0.15, -0.1) is 0 Å². The van der Waals surface area contributed by atoms with Crippen LogP contribution in [0.5, 0.6) is 0 Å². The number of nitrogens with two attached hydrogens (primary N) is 1. The van der Waals surface area contributed by atoms with Crippen LogP contribution in [0.1, 0.15) is 19.8 Å². The molecule has 0 rings (SSSR count). The lowest BCUT2D eigenvalue weighted by molar-refractivity contribution is -0.889. The zero-order valence-electron chi connectivity index (χ0n) is 7.56. The van der Waals surface area contributed by atoms with E-state index >= 15 is 0 Å². The Hall–Kier alpha value is -0.0800. The highest BCUT2D eigenvalue weighted by Crippen LogP contribution is 1.99. The molecular formula is C8H21N2+. The molecule has 2 nitrogen and oxygen atoms in total. The van der Waals surface area contributed by atoms with Crippen molar-refractivity contribution in [1.29, 1.82) is 0 Å². The van der Waals surface area contributed by atoms with Crippen molar-refractivity contribution in [3.05, 3.63) is 0 Å². The van der Waals surface area contributed by atoms with Crippen molar-refractivity contribution < 1.29 is 4.48 Å². The lowest BCUT2D eigenvalue weighted by atomic mass is 10.3. The van der Waals surface area contributed by atoms with Crippen molar-refractivity contribution in [3.63, 3.8) is 0 Å². The molecule has 0 bridgehead atoms. The first kappa shape index (κ1) is 9.92. The Morgan fingerprint density at radius 2 is 1.80 bits per heavy atom. The van der Waals surface area contributed by atoms with Crippen molar-refractivity contribution >= 4 is 0 Å². The smallest absolute Gasteiger partial charge is 0.0907 e. The molecule has 2 heteroatoms. The molecule has 62 valence electrons. The van der Waals surface area contributed by atoms with E-state index in [2.05, 4.69) is 21.0 Å². The summed E-state index contributed by atoms with van der Waals surface area (Å²) < 4.78 is 1.07. The minimum absolute atomic E-state index is 0.802. The predicted octanol–water partition coefficient (Wildman–Crippen LogP) is 0.822. The summed E-state index contributed by atoms with van der Waals surface area (Å²) in [6, 6.07) is 0. The van der Waals surface area contributed by atoms with Crippen molar-refractivity contribution in [3.8, 4) is 0 Å². The van der Waals surface area contributed by atoms with Gasteiger partial charge in [-0.05, 0) is 6.42 Å². The molecule has 0 radical (unpaired) electrons. The first-order valence-electron chi connectivity index (χ1n) is 4.14. The summed E-state index contributed by atoms with van der Waals surface area (Å²) in [5, 5.41) is 0. The van der Waals surface area contributed by atoms with Gasteiger partial charge in [0, 0.05) is 6.54 Å². The lowest BCUT2D eigenvalue weighted by Crippen LogP contribution is -2.43. The quantitative estimate of drug-likeness (QED) is 0.570. The summed E-state index contributed by atoms with van der Waals surface area (Å²) in [5.74, 6) is 0. The maximum Gasteiger partial charge on any atom is 0.0907 e. The molecule has 0 amide bonds. The van der Waals surface area contributed by atoms with Gasteiger partial charge in [0.05, 0.1) is 27.2 Å². The van der Waals surface area contributed by atoms with E-state index in [1.54, 1.807) is 0 Å². The largest absolute Gasteiger partial charge is 0.327 e. The normalized spacial score (nSPS) is 12.0. The van der Waals surface area contributed by atoms with Crippen LogP contribution in [0.15, 0.2) is 0 Å². The second kappa shape index (κ2) is 4.69. The summed E-state index contributed by atoms with van der Waals surface area (Å²) in [5.41, 5.74) is 5.47. The minimum atomic E-state index is 0.802. The highest BCUT2D eigenvalue weighted by atomic mass is 15.3. The summed E-state index contributed by atoms with van der Waals surface area (Å²) in [7, 11) is 4.48. The van der Waals surface area contributed by atoms with E-state index in [0.29, 0.717) is 0 Å². The van der Waals surface area contributed by atoms with Crippen LogP contribution in [0.4, 0.5) is 0 Å². The average molecular weight is 145 g/mol. The number of likely N-dealkylation sites (N-methyl/N-ethyl adjacent to an activating group) is 1. The Morgan fingerprint density at radius 1 is 1.20 bits per heavy atom. The topological polar surface area (TPSA) is 26.0 Å². The van der Waals surface area contributed by atoms with E-state index in [0.717, 1.165) is 17.6 Å². The molecule has 0 saturated heterocycles. The summed E-state index contributed by atoms with van der Waals surface area (Å²) in [6.07, 6.45) is 2.60. The third-order valence-electron chi connectivity index (χ3n) is 1.85. The molecule has 0 aromatic rings. The zero-order valence-corrected chi connectivity index (χ0v) is 7.56. The Morgan fingerprint density at radius 3 is 2.20 bits per heavy atom. The molecule has 2 N–H and O–H groups in total. The van der Waals surface area contributed by atoms with Crippen LogP contribution in [-0.2, 0) is 0 Å². The van der Waals surface area contributed by atoms with E-state index in [9.17, 15) is 0 Å². The molecule has 0 spiro atoms. The number of quaternary nitrogens is 1. The molecule has 0 aromatic carbocycles. The van der Waals surface area contributed by atoms with E-state index in [1.807, 2.05) is 0 Å². The van der Waals surface area contributed by atoms with Gasteiger partial charge in [0.2, 0.25) is 0 Å². The summed E-state index contributed by atoms with van der Waals surface area (Å²) >= 11 is 0. The number of hydrogen-bond acceptors (Lipinski definition) is 1. The van der Waals surface area contributed by atoms with E-state index in [-0.39, 0.29) is 0 Å². The monoisotopic (exact) mass is 145 g/mol. The molecule has 0 aliphatic heterocycles. The van der Waals surface area contributed by atoms with E-state index in [4.69, 9.17) is 5.73 Å². The van der Waals surface area contributed by atoms with Crippen molar-refractivity contribution in [2.24, 2.45) is 5.73 Å². The zero-order chi connectivity index (χ0) is 8.04. The second-order valence-electron chi connectivity index (χ2n) is 3.53. The van der Waals surface area contributed by atoms with Gasteiger partial charge in [0.15, 0.2) is 0 Å². The molecule has 10 heavy (non-hydrogen) atoms. The van der Waals surface area contributed by atoms with Crippen LogP contribution in [-0.4, -0.2) is 38.2 Å². The van der Waals surface area contributed by atoms with Gasteiger partial charge < -0.3 is 10.2 Å². The fourth-order valence-electron chi connectivity index (χ4n) is 1.05. The maximum atomic E-state index is 5.47. The maximum absolute atomic E-state index is 5.47. The predicted molar refractivity (Wildman–Crippen MR) is 45.8 cm³/mol. The van der Waals surface area contributed by atoms with Crippen LogP contribution >= 0.6 is 0 Å². The summed E-state index contributed by atoms with van der Waals surface area (Å²) in [4.78, 5) is 0. The molecule has 0 aliphatic rings. The third-order valence-corrected chi connectivity index (χ3v) is 1.85. The Kier molecular flexibility index (Phi) is 4.65. The first-order chi connectivity index (χ1) is 4.62. The van der Waals surface area contributed by atoms with Gasteiger partial charge in [-0.1, -0.05) is 13.3 Å². The average Bonchev–Trinajstić information content (AvgIpc) is 1.84. The summed E-state index contributed by atoms with van der Waals surface area (Å²) in [6.45, 7) is 5.38. The Balaban J connectivity index is 3.42. The van der Waals surface area contributed by atoms with Crippen LogP contribution in [0.25, 0.3) is 0 Å². The van der Waals surface area contributed by atoms with Gasteiger partial charge in [-0.3, -0.25) is 0 Å². The fourth-order valence-corrected chi connectivity index (χ4v) is 1.05. The van der Waals surface area contributed by atoms with Crippen molar-refractivity contribution in [2.75, 3.05) is 33.7 Å². The molecule has 0 aliphatic carbocycles. The van der Waals surface area contributed by atoms with Crippen LogP contribution < -0.4 is 5.73 Å².